The van der Waals surface area contributed by atoms with Crippen molar-refractivity contribution >= 4 is 11.8 Å². The third-order valence-electron chi connectivity index (χ3n) is 6.28. The number of piperidine rings is 1. The van der Waals surface area contributed by atoms with Crippen LogP contribution in [0.1, 0.15) is 28.9 Å². The lowest BCUT2D eigenvalue weighted by molar-refractivity contribution is -0.133. The maximum Gasteiger partial charge on any atom is 0.272 e. The Hall–Kier alpha value is -3.54. The Labute approximate surface area is 187 Å². The van der Waals surface area contributed by atoms with Gasteiger partial charge in [-0.2, -0.15) is 0 Å². The second-order valence-electron chi connectivity index (χ2n) is 8.22. The summed E-state index contributed by atoms with van der Waals surface area (Å²) in [6.07, 6.45) is 3.31. The number of hydrogen-bond donors (Lipinski definition) is 1. The lowest BCUT2D eigenvalue weighted by Crippen LogP contribution is -2.50. The van der Waals surface area contributed by atoms with E-state index in [0.29, 0.717) is 43.6 Å². The van der Waals surface area contributed by atoms with Crippen LogP contribution in [-0.4, -0.2) is 41.8 Å². The predicted molar refractivity (Wildman–Crippen MR) is 121 cm³/mol. The van der Waals surface area contributed by atoms with Crippen LogP contribution in [0.15, 0.2) is 72.9 Å². The molecular weight excluding hydrogens is 405 g/mol. The van der Waals surface area contributed by atoms with Crippen LogP contribution in [0.25, 0.3) is 11.1 Å². The number of halogens is 1. The van der Waals surface area contributed by atoms with Gasteiger partial charge in [0.05, 0.1) is 5.41 Å². The van der Waals surface area contributed by atoms with Gasteiger partial charge in [0.15, 0.2) is 0 Å². The summed E-state index contributed by atoms with van der Waals surface area (Å²) in [6.45, 7) is 0.992. The molecule has 1 saturated heterocycles. The molecule has 6 heteroatoms. The largest absolute Gasteiger partial charge is 0.359 e. The molecule has 3 aromatic rings. The van der Waals surface area contributed by atoms with Gasteiger partial charge in [0.25, 0.3) is 5.91 Å². The van der Waals surface area contributed by atoms with Crippen molar-refractivity contribution in [3.05, 3.63) is 90.0 Å². The highest BCUT2D eigenvalue weighted by Crippen LogP contribution is 2.36. The number of amides is 2. The zero-order valence-electron chi connectivity index (χ0n) is 18.1. The maximum absolute atomic E-state index is 14.1. The molecule has 1 aliphatic heterocycles. The average Bonchev–Trinajstić information content (AvgIpc) is 2.85. The Balaban J connectivity index is 1.49. The van der Waals surface area contributed by atoms with Gasteiger partial charge in [-0.05, 0) is 48.6 Å². The highest BCUT2D eigenvalue weighted by atomic mass is 19.1. The number of carbonyl (C=O) groups excluding carboxylic acids is 2. The van der Waals surface area contributed by atoms with E-state index in [9.17, 15) is 14.0 Å². The number of rotatable bonds is 5. The summed E-state index contributed by atoms with van der Waals surface area (Å²) in [5.74, 6) is -0.377. The van der Waals surface area contributed by atoms with Gasteiger partial charge in [-0.25, -0.2) is 4.39 Å². The minimum Gasteiger partial charge on any atom is -0.359 e. The summed E-state index contributed by atoms with van der Waals surface area (Å²) in [7, 11) is 1.65. The van der Waals surface area contributed by atoms with Crippen molar-refractivity contribution in [3.63, 3.8) is 0 Å². The SMILES string of the molecule is CNC(=O)C1(Cc2ccc(-c3ccccc3F)cc2)CCN(C(=O)c2ccccn2)CC1. The van der Waals surface area contributed by atoms with Gasteiger partial charge < -0.3 is 10.2 Å². The van der Waals surface area contributed by atoms with Crippen molar-refractivity contribution in [2.75, 3.05) is 20.1 Å². The molecule has 5 nitrogen and oxygen atoms in total. The van der Waals surface area contributed by atoms with Gasteiger partial charge in [0.2, 0.25) is 5.91 Å². The molecule has 0 bridgehead atoms. The van der Waals surface area contributed by atoms with Crippen LogP contribution in [0.2, 0.25) is 0 Å². The van der Waals surface area contributed by atoms with Gasteiger partial charge in [-0.1, -0.05) is 48.5 Å². The summed E-state index contributed by atoms with van der Waals surface area (Å²) in [5.41, 5.74) is 2.20. The monoisotopic (exact) mass is 431 g/mol. The smallest absolute Gasteiger partial charge is 0.272 e. The van der Waals surface area contributed by atoms with Crippen molar-refractivity contribution in [1.29, 1.82) is 0 Å². The summed E-state index contributed by atoms with van der Waals surface area (Å²) in [6, 6.07) is 19.7. The summed E-state index contributed by atoms with van der Waals surface area (Å²) in [4.78, 5) is 31.6. The maximum atomic E-state index is 14.1. The molecule has 2 amide bonds. The normalized spacial score (nSPS) is 15.2. The molecule has 2 heterocycles. The minimum atomic E-state index is -0.588. The molecule has 0 spiro atoms. The van der Waals surface area contributed by atoms with Crippen molar-refractivity contribution in [2.45, 2.75) is 19.3 Å². The fourth-order valence-corrected chi connectivity index (χ4v) is 4.43. The van der Waals surface area contributed by atoms with E-state index in [2.05, 4.69) is 10.3 Å². The Morgan fingerprint density at radius 1 is 1.00 bits per heavy atom. The highest BCUT2D eigenvalue weighted by Gasteiger charge is 2.42. The lowest BCUT2D eigenvalue weighted by atomic mass is 9.72. The molecule has 0 radical (unpaired) electrons. The van der Waals surface area contributed by atoms with Crippen molar-refractivity contribution < 1.29 is 14.0 Å². The van der Waals surface area contributed by atoms with Gasteiger partial charge in [-0.3, -0.25) is 14.6 Å². The van der Waals surface area contributed by atoms with Crippen LogP contribution in [0.5, 0.6) is 0 Å². The zero-order chi connectivity index (χ0) is 22.6. The molecule has 1 aromatic heterocycles. The first-order valence-corrected chi connectivity index (χ1v) is 10.8. The number of nitrogens with zero attached hydrogens (tertiary/aromatic N) is 2. The van der Waals surface area contributed by atoms with Gasteiger partial charge in [0.1, 0.15) is 11.5 Å². The number of pyridine rings is 1. The van der Waals surface area contributed by atoms with E-state index < -0.39 is 5.41 Å². The van der Waals surface area contributed by atoms with E-state index in [1.807, 2.05) is 30.3 Å². The highest BCUT2D eigenvalue weighted by molar-refractivity contribution is 5.92. The van der Waals surface area contributed by atoms with E-state index in [4.69, 9.17) is 0 Å². The summed E-state index contributed by atoms with van der Waals surface area (Å²) < 4.78 is 14.1. The second kappa shape index (κ2) is 9.30. The number of carbonyl (C=O) groups is 2. The molecule has 2 aromatic carbocycles. The van der Waals surface area contributed by atoms with Gasteiger partial charge in [-0.15, -0.1) is 0 Å². The Kier molecular flexibility index (Phi) is 6.30. The second-order valence-corrected chi connectivity index (χ2v) is 8.22. The molecular formula is C26H26FN3O2. The van der Waals surface area contributed by atoms with Gasteiger partial charge in [0, 0.05) is 31.9 Å². The zero-order valence-corrected chi connectivity index (χ0v) is 18.1. The molecule has 32 heavy (non-hydrogen) atoms. The first kappa shape index (κ1) is 21.7. The number of hydrogen-bond acceptors (Lipinski definition) is 3. The van der Waals surface area contributed by atoms with Crippen LogP contribution in [0.3, 0.4) is 0 Å². The third-order valence-corrected chi connectivity index (χ3v) is 6.28. The molecule has 0 aliphatic carbocycles. The quantitative estimate of drug-likeness (QED) is 0.662. The Bertz CT molecular complexity index is 1090. The number of benzene rings is 2. The number of aromatic nitrogens is 1. The molecule has 0 saturated carbocycles. The lowest BCUT2D eigenvalue weighted by Gasteiger charge is -2.40. The van der Waals surface area contributed by atoms with Crippen LogP contribution >= 0.6 is 0 Å². The van der Waals surface area contributed by atoms with Crippen LogP contribution in [0, 0.1) is 11.2 Å². The first-order valence-electron chi connectivity index (χ1n) is 10.8. The van der Waals surface area contributed by atoms with E-state index >= 15 is 0 Å². The summed E-state index contributed by atoms with van der Waals surface area (Å²) in [5, 5.41) is 2.81. The summed E-state index contributed by atoms with van der Waals surface area (Å²) >= 11 is 0. The van der Waals surface area contributed by atoms with Gasteiger partial charge >= 0.3 is 0 Å². The first-order chi connectivity index (χ1) is 15.5. The molecule has 0 unspecified atom stereocenters. The minimum absolute atomic E-state index is 0.0133. The topological polar surface area (TPSA) is 62.3 Å². The van der Waals surface area contributed by atoms with Crippen molar-refractivity contribution in [2.24, 2.45) is 5.41 Å². The molecule has 4 rings (SSSR count). The fraction of sp³-hybridized carbons (Fsp3) is 0.269. The Morgan fingerprint density at radius 3 is 2.31 bits per heavy atom. The van der Waals surface area contributed by atoms with E-state index in [-0.39, 0.29) is 17.6 Å². The molecule has 1 N–H and O–H groups in total. The molecule has 1 aliphatic rings. The van der Waals surface area contributed by atoms with Crippen molar-refractivity contribution in [1.82, 2.24) is 15.2 Å². The molecule has 1 fully saturated rings. The molecule has 164 valence electrons. The number of likely N-dealkylation sites (tertiary alicyclic amines) is 1. The third kappa shape index (κ3) is 4.40. The van der Waals surface area contributed by atoms with Crippen molar-refractivity contribution in [3.8, 4) is 11.1 Å². The van der Waals surface area contributed by atoms with Crippen LogP contribution in [0.4, 0.5) is 4.39 Å². The molecule has 0 atom stereocenters. The van der Waals surface area contributed by atoms with Crippen LogP contribution in [-0.2, 0) is 11.2 Å². The Morgan fingerprint density at radius 2 is 1.69 bits per heavy atom. The number of nitrogens with one attached hydrogen (secondary N) is 1. The predicted octanol–water partition coefficient (Wildman–Crippen LogP) is 4.10. The van der Waals surface area contributed by atoms with E-state index in [1.54, 1.807) is 48.5 Å². The van der Waals surface area contributed by atoms with E-state index in [1.165, 1.54) is 6.07 Å². The van der Waals surface area contributed by atoms with E-state index in [0.717, 1.165) is 11.1 Å². The average molecular weight is 432 g/mol. The van der Waals surface area contributed by atoms with Crippen LogP contribution < -0.4 is 5.32 Å². The standard InChI is InChI=1S/C26H26FN3O2/c1-28-25(32)26(13-16-30(17-14-26)24(31)23-8-4-5-15-29-23)18-19-9-11-20(12-10-19)21-6-2-3-7-22(21)27/h2-12,15H,13-14,16-18H2,1H3,(H,28,32). The fourth-order valence-electron chi connectivity index (χ4n) is 4.43.